The topological polar surface area (TPSA) is 95.1 Å². The molecule has 3 aromatic heterocycles. The molecule has 8 heteroatoms. The Morgan fingerprint density at radius 3 is 2.78 bits per heavy atom. The summed E-state index contributed by atoms with van der Waals surface area (Å²) in [7, 11) is 0. The SMILES string of the molecule is CCn1cncc1-c1nccn1[C@@H]1COC[C@H]1Cc1ccncc1.O=CO. The largest absolute Gasteiger partial charge is 0.483 e. The van der Waals surface area contributed by atoms with Crippen molar-refractivity contribution in [3.05, 3.63) is 55.0 Å². The number of carboxylic acid groups (broad SMARTS) is 1. The first-order valence-electron chi connectivity index (χ1n) is 8.86. The normalized spacial score (nSPS) is 18.7. The van der Waals surface area contributed by atoms with Crippen LogP contribution in [0.25, 0.3) is 11.5 Å². The summed E-state index contributed by atoms with van der Waals surface area (Å²) in [6.07, 6.45) is 12.3. The highest BCUT2D eigenvalue weighted by atomic mass is 16.5. The third kappa shape index (κ3) is 4.22. The Kier molecular flexibility index (Phi) is 6.32. The lowest BCUT2D eigenvalue weighted by Crippen LogP contribution is -2.20. The van der Waals surface area contributed by atoms with Gasteiger partial charge in [0.15, 0.2) is 5.82 Å². The van der Waals surface area contributed by atoms with E-state index >= 15 is 0 Å². The van der Waals surface area contributed by atoms with Crippen molar-refractivity contribution in [3.8, 4) is 11.5 Å². The Bertz CT molecular complexity index is 846. The van der Waals surface area contributed by atoms with E-state index < -0.39 is 0 Å². The molecule has 1 fully saturated rings. The average Bonchev–Trinajstić information content (AvgIpc) is 3.42. The summed E-state index contributed by atoms with van der Waals surface area (Å²) >= 11 is 0. The Balaban J connectivity index is 0.000000659. The van der Waals surface area contributed by atoms with Crippen molar-refractivity contribution in [2.24, 2.45) is 5.92 Å². The van der Waals surface area contributed by atoms with Gasteiger partial charge in [-0.1, -0.05) is 0 Å². The maximum atomic E-state index is 8.36. The molecule has 4 heterocycles. The van der Waals surface area contributed by atoms with Crippen LogP contribution in [0, 0.1) is 5.92 Å². The Morgan fingerprint density at radius 2 is 2.04 bits per heavy atom. The molecule has 3 aromatic rings. The number of imidazole rings is 2. The smallest absolute Gasteiger partial charge is 0.290 e. The van der Waals surface area contributed by atoms with Gasteiger partial charge in [-0.3, -0.25) is 9.78 Å². The summed E-state index contributed by atoms with van der Waals surface area (Å²) in [6.45, 7) is 4.24. The number of pyridine rings is 1. The lowest BCUT2D eigenvalue weighted by atomic mass is 9.95. The van der Waals surface area contributed by atoms with E-state index in [4.69, 9.17) is 14.6 Å². The lowest BCUT2D eigenvalue weighted by molar-refractivity contribution is -0.122. The van der Waals surface area contributed by atoms with Gasteiger partial charge in [-0.15, -0.1) is 0 Å². The molecular weight excluding hydrogens is 346 g/mol. The Morgan fingerprint density at radius 1 is 1.26 bits per heavy atom. The molecule has 0 saturated carbocycles. The lowest BCUT2D eigenvalue weighted by Gasteiger charge is -2.21. The zero-order valence-electron chi connectivity index (χ0n) is 15.2. The van der Waals surface area contributed by atoms with E-state index in [-0.39, 0.29) is 12.5 Å². The summed E-state index contributed by atoms with van der Waals surface area (Å²) < 4.78 is 10.2. The number of nitrogens with zero attached hydrogens (tertiary/aromatic N) is 5. The van der Waals surface area contributed by atoms with E-state index in [0.29, 0.717) is 5.92 Å². The van der Waals surface area contributed by atoms with E-state index in [1.165, 1.54) is 5.56 Å². The number of aromatic nitrogens is 5. The molecule has 0 aromatic carbocycles. The van der Waals surface area contributed by atoms with Gasteiger partial charge in [0.1, 0.15) is 5.69 Å². The molecule has 0 amide bonds. The van der Waals surface area contributed by atoms with E-state index in [9.17, 15) is 0 Å². The minimum atomic E-state index is -0.250. The van der Waals surface area contributed by atoms with Gasteiger partial charge in [0, 0.05) is 37.3 Å². The molecule has 0 spiro atoms. The van der Waals surface area contributed by atoms with Crippen molar-refractivity contribution in [3.63, 3.8) is 0 Å². The minimum absolute atomic E-state index is 0.250. The van der Waals surface area contributed by atoms with Crippen LogP contribution in [-0.2, 0) is 22.5 Å². The molecule has 1 N–H and O–H groups in total. The highest BCUT2D eigenvalue weighted by molar-refractivity contribution is 5.49. The van der Waals surface area contributed by atoms with Crippen LogP contribution in [0.15, 0.2) is 49.4 Å². The van der Waals surface area contributed by atoms with Crippen molar-refractivity contribution in [1.29, 1.82) is 0 Å². The third-order valence-corrected chi connectivity index (χ3v) is 4.72. The first-order valence-corrected chi connectivity index (χ1v) is 8.86. The van der Waals surface area contributed by atoms with Crippen LogP contribution < -0.4 is 0 Å². The summed E-state index contributed by atoms with van der Waals surface area (Å²) in [5.74, 6) is 1.39. The monoisotopic (exact) mass is 369 g/mol. The van der Waals surface area contributed by atoms with Crippen molar-refractivity contribution in [1.82, 2.24) is 24.1 Å². The number of carbonyl (C=O) groups is 1. The summed E-state index contributed by atoms with van der Waals surface area (Å²) in [5, 5.41) is 6.89. The Labute approximate surface area is 157 Å². The van der Waals surface area contributed by atoms with Gasteiger partial charge in [-0.2, -0.15) is 0 Å². The second-order valence-corrected chi connectivity index (χ2v) is 6.25. The molecule has 0 aliphatic carbocycles. The van der Waals surface area contributed by atoms with Gasteiger partial charge in [0.05, 0.1) is 31.8 Å². The molecule has 1 aliphatic heterocycles. The van der Waals surface area contributed by atoms with Crippen LogP contribution in [0.2, 0.25) is 0 Å². The molecule has 1 saturated heterocycles. The standard InChI is InChI=1S/C18H21N5O.CH2O2/c1-2-22-13-20-10-16(22)18-21-7-8-23(18)17-12-24-11-15(17)9-14-3-5-19-6-4-14;2-1-3/h3-8,10,13,15,17H,2,9,11-12H2,1H3;1H,(H,2,3)/t15-,17-;/m1./s1. The van der Waals surface area contributed by atoms with Gasteiger partial charge < -0.3 is 19.0 Å². The quantitative estimate of drug-likeness (QED) is 0.694. The molecule has 0 radical (unpaired) electrons. The van der Waals surface area contributed by atoms with E-state index in [1.807, 2.05) is 31.1 Å². The van der Waals surface area contributed by atoms with Crippen LogP contribution in [-0.4, -0.2) is 48.9 Å². The first-order chi connectivity index (χ1) is 13.3. The molecule has 4 rings (SSSR count). The van der Waals surface area contributed by atoms with Gasteiger partial charge >= 0.3 is 0 Å². The number of ether oxygens (including phenoxy) is 1. The van der Waals surface area contributed by atoms with Gasteiger partial charge in [0.25, 0.3) is 6.47 Å². The molecule has 0 unspecified atom stereocenters. The fourth-order valence-corrected chi connectivity index (χ4v) is 3.45. The number of hydrogen-bond acceptors (Lipinski definition) is 5. The van der Waals surface area contributed by atoms with Gasteiger partial charge in [0.2, 0.25) is 0 Å². The summed E-state index contributed by atoms with van der Waals surface area (Å²) in [4.78, 5) is 21.3. The van der Waals surface area contributed by atoms with Gasteiger partial charge in [-0.25, -0.2) is 9.97 Å². The maximum absolute atomic E-state index is 8.36. The second kappa shape index (κ2) is 9.09. The highest BCUT2D eigenvalue weighted by Crippen LogP contribution is 2.32. The minimum Gasteiger partial charge on any atom is -0.483 e. The third-order valence-electron chi connectivity index (χ3n) is 4.72. The average molecular weight is 369 g/mol. The van der Waals surface area contributed by atoms with Crippen LogP contribution in [0.1, 0.15) is 18.5 Å². The summed E-state index contributed by atoms with van der Waals surface area (Å²) in [5.41, 5.74) is 2.35. The van der Waals surface area contributed by atoms with E-state index in [1.54, 1.807) is 0 Å². The molecule has 2 atom stereocenters. The fourth-order valence-electron chi connectivity index (χ4n) is 3.45. The van der Waals surface area contributed by atoms with Crippen LogP contribution in [0.3, 0.4) is 0 Å². The number of aryl methyl sites for hydroxylation is 1. The molecule has 8 nitrogen and oxygen atoms in total. The second-order valence-electron chi connectivity index (χ2n) is 6.25. The van der Waals surface area contributed by atoms with E-state index in [0.717, 1.165) is 37.7 Å². The van der Waals surface area contributed by atoms with Gasteiger partial charge in [-0.05, 0) is 31.0 Å². The molecule has 0 bridgehead atoms. The highest BCUT2D eigenvalue weighted by Gasteiger charge is 2.31. The van der Waals surface area contributed by atoms with Crippen molar-refractivity contribution >= 4 is 6.47 Å². The van der Waals surface area contributed by atoms with E-state index in [2.05, 4.69) is 49.3 Å². The first kappa shape index (κ1) is 18.8. The fraction of sp³-hybridized carbons (Fsp3) is 0.368. The molecular formula is C19H23N5O3. The maximum Gasteiger partial charge on any atom is 0.290 e. The predicted octanol–water partition coefficient (Wildman–Crippen LogP) is 2.29. The number of rotatable bonds is 5. The van der Waals surface area contributed by atoms with Crippen molar-refractivity contribution in [2.45, 2.75) is 25.9 Å². The molecule has 142 valence electrons. The van der Waals surface area contributed by atoms with Crippen LogP contribution in [0.4, 0.5) is 0 Å². The van der Waals surface area contributed by atoms with Crippen molar-refractivity contribution in [2.75, 3.05) is 13.2 Å². The summed E-state index contributed by atoms with van der Waals surface area (Å²) in [6, 6.07) is 4.45. The van der Waals surface area contributed by atoms with Crippen LogP contribution in [0.5, 0.6) is 0 Å². The Hall–Kier alpha value is -3.00. The predicted molar refractivity (Wildman–Crippen MR) is 99.1 cm³/mol. The number of hydrogen-bond donors (Lipinski definition) is 1. The van der Waals surface area contributed by atoms with Crippen molar-refractivity contribution < 1.29 is 14.6 Å². The molecule has 27 heavy (non-hydrogen) atoms. The zero-order valence-corrected chi connectivity index (χ0v) is 15.2. The molecule has 1 aliphatic rings. The van der Waals surface area contributed by atoms with Crippen LogP contribution >= 0.6 is 0 Å². The zero-order chi connectivity index (χ0) is 19.1.